The van der Waals surface area contributed by atoms with Gasteiger partial charge in [-0.2, -0.15) is 0 Å². The molecule has 1 aromatic carbocycles. The predicted octanol–water partition coefficient (Wildman–Crippen LogP) is 3.01. The second-order valence-electron chi connectivity index (χ2n) is 2.25. The van der Waals surface area contributed by atoms with E-state index in [0.717, 1.165) is 15.9 Å². The van der Waals surface area contributed by atoms with Crippen molar-refractivity contribution >= 4 is 36.2 Å². The highest BCUT2D eigenvalue weighted by Crippen LogP contribution is 2.30. The van der Waals surface area contributed by atoms with Gasteiger partial charge in [0.05, 0.1) is 4.90 Å². The van der Waals surface area contributed by atoms with Crippen LogP contribution in [0.5, 0.6) is 0 Å². The second-order valence-corrected chi connectivity index (χ2v) is 3.11. The number of fused-ring (bicyclic) bond motifs is 1. The molecule has 3 heteroatoms. The Kier molecular flexibility index (Phi) is 1.62. The molecule has 0 N–H and O–H groups in total. The van der Waals surface area contributed by atoms with Gasteiger partial charge >= 0.3 is 0 Å². The van der Waals surface area contributed by atoms with E-state index < -0.39 is 0 Å². The largest absolute Gasteiger partial charge is 0.449 e. The average molecular weight is 182 g/mol. The molecule has 0 aliphatic rings. The first kappa shape index (κ1) is 7.13. The van der Waals surface area contributed by atoms with E-state index in [9.17, 15) is 0 Å². The Bertz CT molecular complexity index is 392. The number of furan rings is 1. The number of hydrogen-bond acceptors (Lipinski definition) is 3. The highest BCUT2D eigenvalue weighted by Gasteiger charge is 2.05. The SMILES string of the molecule is Sc1oc2ccccc2c1S. The monoisotopic (exact) mass is 182 g/mol. The molecule has 0 fully saturated rings. The molecule has 56 valence electrons. The van der Waals surface area contributed by atoms with Gasteiger partial charge in [-0.25, -0.2) is 0 Å². The van der Waals surface area contributed by atoms with E-state index in [2.05, 4.69) is 25.3 Å². The smallest absolute Gasteiger partial charge is 0.171 e. The number of thiol groups is 2. The Hall–Kier alpha value is -0.540. The minimum atomic E-state index is 0.578. The van der Waals surface area contributed by atoms with Crippen molar-refractivity contribution < 1.29 is 4.42 Å². The zero-order chi connectivity index (χ0) is 7.84. The molecular weight excluding hydrogens is 176 g/mol. The van der Waals surface area contributed by atoms with Crippen LogP contribution < -0.4 is 0 Å². The van der Waals surface area contributed by atoms with E-state index in [0.29, 0.717) is 5.09 Å². The van der Waals surface area contributed by atoms with Gasteiger partial charge in [0.15, 0.2) is 5.09 Å². The first-order valence-corrected chi connectivity index (χ1v) is 4.08. The summed E-state index contributed by atoms with van der Waals surface area (Å²) in [4.78, 5) is 0.809. The molecule has 1 heterocycles. The van der Waals surface area contributed by atoms with Crippen molar-refractivity contribution in [2.75, 3.05) is 0 Å². The summed E-state index contributed by atoms with van der Waals surface area (Å²) >= 11 is 8.36. The Morgan fingerprint density at radius 3 is 2.55 bits per heavy atom. The maximum absolute atomic E-state index is 5.29. The Morgan fingerprint density at radius 2 is 1.82 bits per heavy atom. The Labute approximate surface area is 75.2 Å². The fourth-order valence-electron chi connectivity index (χ4n) is 1.02. The normalized spacial score (nSPS) is 10.7. The lowest BCUT2D eigenvalue weighted by Gasteiger charge is -1.84. The van der Waals surface area contributed by atoms with Crippen LogP contribution in [0.15, 0.2) is 38.7 Å². The molecule has 0 spiro atoms. The molecule has 0 saturated heterocycles. The van der Waals surface area contributed by atoms with Crippen molar-refractivity contribution in [3.05, 3.63) is 24.3 Å². The van der Waals surface area contributed by atoms with Crippen molar-refractivity contribution in [1.29, 1.82) is 0 Å². The van der Waals surface area contributed by atoms with Crippen LogP contribution in [-0.4, -0.2) is 0 Å². The first-order valence-electron chi connectivity index (χ1n) is 3.18. The molecule has 0 amide bonds. The minimum Gasteiger partial charge on any atom is -0.449 e. The highest BCUT2D eigenvalue weighted by atomic mass is 32.1. The van der Waals surface area contributed by atoms with Crippen LogP contribution in [0.2, 0.25) is 0 Å². The third-order valence-corrected chi connectivity index (χ3v) is 2.49. The molecule has 0 atom stereocenters. The Balaban J connectivity index is 2.92. The summed E-state index contributed by atoms with van der Waals surface area (Å²) in [7, 11) is 0. The number of para-hydroxylation sites is 1. The summed E-state index contributed by atoms with van der Waals surface area (Å²) in [6, 6.07) is 7.73. The lowest BCUT2D eigenvalue weighted by molar-refractivity contribution is 0.503. The van der Waals surface area contributed by atoms with Gasteiger partial charge in [-0.15, -0.1) is 25.3 Å². The summed E-state index contributed by atoms with van der Waals surface area (Å²) in [6.45, 7) is 0. The molecule has 2 rings (SSSR count). The molecule has 0 saturated carbocycles. The summed E-state index contributed by atoms with van der Waals surface area (Å²) in [5.41, 5.74) is 0.836. The molecule has 1 nitrogen and oxygen atoms in total. The van der Waals surface area contributed by atoms with Gasteiger partial charge in [0.25, 0.3) is 0 Å². The van der Waals surface area contributed by atoms with Crippen LogP contribution in [0.1, 0.15) is 0 Å². The highest BCUT2D eigenvalue weighted by molar-refractivity contribution is 7.83. The van der Waals surface area contributed by atoms with Crippen LogP contribution >= 0.6 is 25.3 Å². The van der Waals surface area contributed by atoms with Crippen LogP contribution in [-0.2, 0) is 0 Å². The number of rotatable bonds is 0. The molecule has 2 aromatic rings. The van der Waals surface area contributed by atoms with E-state index in [1.54, 1.807) is 0 Å². The van der Waals surface area contributed by atoms with Gasteiger partial charge in [0.1, 0.15) is 5.58 Å². The average Bonchev–Trinajstić information content (AvgIpc) is 2.30. The van der Waals surface area contributed by atoms with E-state index in [1.165, 1.54) is 0 Å². The first-order chi connectivity index (χ1) is 5.29. The maximum Gasteiger partial charge on any atom is 0.171 e. The number of hydrogen-bond donors (Lipinski definition) is 2. The molecule has 11 heavy (non-hydrogen) atoms. The van der Waals surface area contributed by atoms with E-state index in [1.807, 2.05) is 24.3 Å². The van der Waals surface area contributed by atoms with E-state index >= 15 is 0 Å². The molecule has 1 aromatic heterocycles. The molecule has 0 unspecified atom stereocenters. The molecule has 0 aliphatic carbocycles. The Morgan fingerprint density at radius 1 is 1.09 bits per heavy atom. The van der Waals surface area contributed by atoms with Gasteiger partial charge in [-0.3, -0.25) is 0 Å². The molecular formula is C8H6OS2. The van der Waals surface area contributed by atoms with Crippen molar-refractivity contribution in [3.8, 4) is 0 Å². The van der Waals surface area contributed by atoms with Crippen LogP contribution in [0, 0.1) is 0 Å². The zero-order valence-electron chi connectivity index (χ0n) is 5.61. The van der Waals surface area contributed by atoms with Crippen molar-refractivity contribution in [2.45, 2.75) is 9.99 Å². The summed E-state index contributed by atoms with van der Waals surface area (Å²) in [6.07, 6.45) is 0. The quantitative estimate of drug-likeness (QED) is 0.597. The van der Waals surface area contributed by atoms with Crippen molar-refractivity contribution in [1.82, 2.24) is 0 Å². The van der Waals surface area contributed by atoms with Crippen molar-refractivity contribution in [3.63, 3.8) is 0 Å². The van der Waals surface area contributed by atoms with Gasteiger partial charge in [0, 0.05) is 5.39 Å². The third-order valence-electron chi connectivity index (χ3n) is 1.55. The summed E-state index contributed by atoms with van der Waals surface area (Å²) in [5, 5.41) is 1.59. The van der Waals surface area contributed by atoms with Crippen molar-refractivity contribution in [2.24, 2.45) is 0 Å². The van der Waals surface area contributed by atoms with Gasteiger partial charge in [0.2, 0.25) is 0 Å². The molecule has 0 radical (unpaired) electrons. The maximum atomic E-state index is 5.29. The third kappa shape index (κ3) is 1.04. The molecule has 0 bridgehead atoms. The zero-order valence-corrected chi connectivity index (χ0v) is 7.40. The standard InChI is InChI=1S/C8H6OS2/c10-7-5-3-1-2-4-6(5)9-8(7)11/h1-4,10-11H. The van der Waals surface area contributed by atoms with Gasteiger partial charge in [-0.05, 0) is 12.1 Å². The topological polar surface area (TPSA) is 13.1 Å². The fourth-order valence-corrected chi connectivity index (χ4v) is 1.47. The molecule has 0 aliphatic heterocycles. The lowest BCUT2D eigenvalue weighted by atomic mass is 10.3. The lowest BCUT2D eigenvalue weighted by Crippen LogP contribution is -1.61. The minimum absolute atomic E-state index is 0.578. The second kappa shape index (κ2) is 2.50. The van der Waals surface area contributed by atoms with E-state index in [4.69, 9.17) is 4.42 Å². The summed E-state index contributed by atoms with van der Waals surface area (Å²) < 4.78 is 5.29. The van der Waals surface area contributed by atoms with Crippen LogP contribution in [0.4, 0.5) is 0 Å². The van der Waals surface area contributed by atoms with E-state index in [-0.39, 0.29) is 0 Å². The van der Waals surface area contributed by atoms with Gasteiger partial charge in [-0.1, -0.05) is 12.1 Å². The fraction of sp³-hybridized carbons (Fsp3) is 0. The van der Waals surface area contributed by atoms with Crippen LogP contribution in [0.3, 0.4) is 0 Å². The van der Waals surface area contributed by atoms with Gasteiger partial charge < -0.3 is 4.42 Å². The predicted molar refractivity (Wildman–Crippen MR) is 50.7 cm³/mol. The summed E-state index contributed by atoms with van der Waals surface area (Å²) in [5.74, 6) is 0. The number of benzene rings is 1. The van der Waals surface area contributed by atoms with Crippen LogP contribution in [0.25, 0.3) is 11.0 Å².